The van der Waals surface area contributed by atoms with Crippen molar-refractivity contribution in [2.24, 2.45) is 0 Å². The van der Waals surface area contributed by atoms with Crippen molar-refractivity contribution in [1.29, 1.82) is 0 Å². The maximum Gasteiger partial charge on any atom is 0.469 e. The van der Waals surface area contributed by atoms with Gasteiger partial charge in [0.2, 0.25) is 0 Å². The van der Waals surface area contributed by atoms with Gasteiger partial charge >= 0.3 is 7.82 Å². The molecular formula is C5H13O7P. The maximum atomic E-state index is 10.2. The average molecular weight is 218 g/mol. The lowest BCUT2D eigenvalue weighted by Gasteiger charge is -2.26. The number of hydrogen-bond donors (Lipinski definition) is 5. The van der Waals surface area contributed by atoms with Crippen molar-refractivity contribution in [2.45, 2.75) is 18.6 Å². The van der Waals surface area contributed by atoms with E-state index in [1.165, 1.54) is 0 Å². The third-order valence-corrected chi connectivity index (χ3v) is 1.82. The fraction of sp³-hybridized carbons (Fsp3) is 1.00. The lowest BCUT2D eigenvalue weighted by Crippen LogP contribution is -2.45. The van der Waals surface area contributed by atoms with Crippen LogP contribution < -0.4 is 0 Å². The Kier molecular flexibility index (Phi) is 3.81. The molecule has 7 nitrogen and oxygen atoms in total. The van der Waals surface area contributed by atoms with E-state index in [1.54, 1.807) is 0 Å². The summed E-state index contributed by atoms with van der Waals surface area (Å²) in [7, 11) is -4.73. The van der Waals surface area contributed by atoms with Gasteiger partial charge < -0.3 is 25.1 Å². The number of phosphoric ester groups is 1. The smallest absolute Gasteiger partial charge is 0.393 e. The van der Waals surface area contributed by atoms with Crippen LogP contribution in [0.15, 0.2) is 0 Å². The number of aliphatic hydroxyl groups is 3. The van der Waals surface area contributed by atoms with Gasteiger partial charge in [-0.15, -0.1) is 0 Å². The Morgan fingerprint density at radius 2 is 2.15 bits per heavy atom. The van der Waals surface area contributed by atoms with E-state index in [0.29, 0.717) is 0 Å². The summed E-state index contributed by atoms with van der Waals surface area (Å²) in [6.45, 7) is -1.94. The molecule has 0 spiro atoms. The van der Waals surface area contributed by atoms with Gasteiger partial charge in [0.25, 0.3) is 0 Å². The van der Waals surface area contributed by atoms with Gasteiger partial charge in [-0.1, -0.05) is 0 Å². The molecule has 0 aliphatic carbocycles. The zero-order valence-electron chi connectivity index (χ0n) is 7.86. The zero-order chi connectivity index (χ0) is 11.6. The second-order valence-corrected chi connectivity index (χ2v) is 3.90. The van der Waals surface area contributed by atoms with E-state index in [1.807, 2.05) is 0 Å². The van der Waals surface area contributed by atoms with E-state index in [0.717, 1.165) is 6.92 Å². The molecule has 0 radical (unpaired) electrons. The van der Waals surface area contributed by atoms with E-state index < -0.39 is 32.7 Å². The van der Waals surface area contributed by atoms with E-state index in [9.17, 15) is 9.67 Å². The highest BCUT2D eigenvalue weighted by atomic mass is 31.2. The first kappa shape index (κ1) is 11.1. The van der Waals surface area contributed by atoms with Gasteiger partial charge in [0.15, 0.2) is 0 Å². The fourth-order valence-corrected chi connectivity index (χ4v) is 0.758. The van der Waals surface area contributed by atoms with E-state index in [2.05, 4.69) is 4.52 Å². The quantitative estimate of drug-likeness (QED) is 0.344. The Morgan fingerprint density at radius 1 is 1.69 bits per heavy atom. The van der Waals surface area contributed by atoms with Crippen LogP contribution in [-0.2, 0) is 9.09 Å². The number of phosphoric acid groups is 1. The van der Waals surface area contributed by atoms with Gasteiger partial charge in [0, 0.05) is 0 Å². The number of hydrogen-bond acceptors (Lipinski definition) is 5. The van der Waals surface area contributed by atoms with Crippen LogP contribution in [0.3, 0.4) is 0 Å². The molecule has 13 heavy (non-hydrogen) atoms. The molecule has 0 saturated heterocycles. The second-order valence-electron chi connectivity index (χ2n) is 2.66. The standard InChI is InChI=1S/C5H13O7P/c1-5(8,3-6)4(7)2-12-13(9,10)11/h4,6-8H,2-3H2,1H3,(H2,9,10,11)/t4-,5+/m1/s1/i3T/t3?,4-,5+. The van der Waals surface area contributed by atoms with Crippen molar-refractivity contribution < 1.29 is 35.6 Å². The molecule has 1 unspecified atom stereocenters. The molecule has 0 saturated carbocycles. The first-order valence-electron chi connectivity index (χ1n) is 3.86. The van der Waals surface area contributed by atoms with Crippen LogP contribution in [0.1, 0.15) is 8.29 Å². The van der Waals surface area contributed by atoms with Crippen LogP contribution in [-0.4, -0.2) is 50.0 Å². The molecule has 0 amide bonds. The van der Waals surface area contributed by atoms with Crippen molar-refractivity contribution in [3.8, 4) is 0 Å². The van der Waals surface area contributed by atoms with Crippen LogP contribution in [0.2, 0.25) is 0 Å². The molecule has 0 aromatic carbocycles. The minimum absolute atomic E-state index is 0.882. The highest BCUT2D eigenvalue weighted by Crippen LogP contribution is 2.36. The topological polar surface area (TPSA) is 127 Å². The highest BCUT2D eigenvalue weighted by molar-refractivity contribution is 7.46. The van der Waals surface area contributed by atoms with Gasteiger partial charge in [0.05, 0.1) is 14.6 Å². The van der Waals surface area contributed by atoms with Crippen LogP contribution in [0.5, 0.6) is 0 Å². The summed E-state index contributed by atoms with van der Waals surface area (Å²) in [6.07, 6.45) is -1.78. The first-order valence-corrected chi connectivity index (χ1v) is 4.81. The number of rotatable bonds is 5. The molecule has 0 aromatic heterocycles. The zero-order valence-corrected chi connectivity index (χ0v) is 7.76. The van der Waals surface area contributed by atoms with Crippen molar-refractivity contribution >= 4 is 7.82 Å². The van der Waals surface area contributed by atoms with Gasteiger partial charge in [-0.2, -0.15) is 0 Å². The predicted octanol–water partition coefficient (Wildman–Crippen LogP) is -1.80. The lowest BCUT2D eigenvalue weighted by atomic mass is 10.0. The Labute approximate surface area is 76.2 Å². The summed E-state index contributed by atoms with van der Waals surface area (Å²) >= 11 is 0. The molecule has 0 heterocycles. The average Bonchev–Trinajstić information content (AvgIpc) is 1.98. The Bertz CT molecular complexity index is 224. The lowest BCUT2D eigenvalue weighted by molar-refractivity contribution is -0.107. The molecule has 0 aliphatic heterocycles. The molecule has 3 atom stereocenters. The van der Waals surface area contributed by atoms with Crippen LogP contribution in [0.25, 0.3) is 0 Å². The molecule has 0 rings (SSSR count). The minimum Gasteiger partial charge on any atom is -0.393 e. The summed E-state index contributed by atoms with van der Waals surface area (Å²) in [5, 5.41) is 27.0. The monoisotopic (exact) mass is 218 g/mol. The Balaban J connectivity index is 4.22. The summed E-state index contributed by atoms with van der Waals surface area (Å²) in [5.74, 6) is 0. The van der Waals surface area contributed by atoms with Gasteiger partial charge in [-0.05, 0) is 6.92 Å². The normalized spacial score (nSPS) is 23.1. The van der Waals surface area contributed by atoms with Crippen LogP contribution in [0.4, 0.5) is 0 Å². The van der Waals surface area contributed by atoms with E-state index in [4.69, 9.17) is 21.4 Å². The largest absolute Gasteiger partial charge is 0.469 e. The third-order valence-electron chi connectivity index (χ3n) is 1.34. The number of aliphatic hydroxyl groups excluding tert-OH is 2. The van der Waals surface area contributed by atoms with E-state index in [-0.39, 0.29) is 0 Å². The molecule has 0 bridgehead atoms. The summed E-state index contributed by atoms with van der Waals surface area (Å²) in [4.78, 5) is 16.5. The fourth-order valence-electron chi connectivity index (χ4n) is 0.422. The predicted molar refractivity (Wildman–Crippen MR) is 41.7 cm³/mol. The van der Waals surface area contributed by atoms with Gasteiger partial charge in [0.1, 0.15) is 11.7 Å². The summed E-state index contributed by atoms with van der Waals surface area (Å²) < 4.78 is 20.8. The second kappa shape index (κ2) is 4.47. The van der Waals surface area contributed by atoms with Gasteiger partial charge in [-0.3, -0.25) is 4.52 Å². The molecule has 80 valence electrons. The van der Waals surface area contributed by atoms with Crippen LogP contribution in [0, 0.1) is 0 Å². The molecule has 0 aromatic rings. The molecule has 8 heteroatoms. The van der Waals surface area contributed by atoms with Crippen molar-refractivity contribution in [2.75, 3.05) is 13.2 Å². The SMILES string of the molecule is [3H]C(O)[C@](C)(O)[C@H](O)COP(=O)(O)O. The summed E-state index contributed by atoms with van der Waals surface area (Å²) in [5.41, 5.74) is -2.21. The molecule has 5 N–H and O–H groups in total. The van der Waals surface area contributed by atoms with Gasteiger partial charge in [-0.25, -0.2) is 4.57 Å². The van der Waals surface area contributed by atoms with Crippen LogP contribution >= 0.6 is 7.82 Å². The van der Waals surface area contributed by atoms with Crippen molar-refractivity contribution in [1.82, 2.24) is 0 Å². The molecule has 0 fully saturated rings. The molecular weight excluding hydrogens is 203 g/mol. The Morgan fingerprint density at radius 3 is 2.46 bits per heavy atom. The minimum atomic E-state index is -4.73. The highest BCUT2D eigenvalue weighted by Gasteiger charge is 2.31. The van der Waals surface area contributed by atoms with E-state index >= 15 is 0 Å². The first-order chi connectivity index (χ1) is 6.07. The maximum absolute atomic E-state index is 10.2. The molecule has 0 aliphatic rings. The summed E-state index contributed by atoms with van der Waals surface area (Å²) in [6, 6.07) is 0. The van der Waals surface area contributed by atoms with Crippen molar-refractivity contribution in [3.63, 3.8) is 0 Å². The third kappa shape index (κ3) is 5.33. The van der Waals surface area contributed by atoms with Crippen molar-refractivity contribution in [3.05, 3.63) is 0 Å². The Hall–Kier alpha value is -0.0100.